The van der Waals surface area contributed by atoms with Crippen LogP contribution in [0.5, 0.6) is 0 Å². The van der Waals surface area contributed by atoms with E-state index in [1.165, 1.54) is 11.8 Å². The lowest BCUT2D eigenvalue weighted by molar-refractivity contribution is 0.0945. The normalized spacial score (nSPS) is 11.0. The van der Waals surface area contributed by atoms with Crippen LogP contribution >= 0.6 is 0 Å². The standard InChI is InChI=1S/C21H24N4O/c1-3-25(4-2)15-17-10-6-5-9-16(17)13-23-21(26)20-14-22-18-11-7-8-12-19(18)24-20/h5-12,14H,3-4,13,15H2,1-2H3,(H,23,26). The summed E-state index contributed by atoms with van der Waals surface area (Å²) in [5.41, 5.74) is 4.21. The van der Waals surface area contributed by atoms with Crippen molar-refractivity contribution < 1.29 is 4.79 Å². The molecule has 0 atom stereocenters. The van der Waals surface area contributed by atoms with Gasteiger partial charge < -0.3 is 5.32 Å². The molecule has 0 saturated heterocycles. The van der Waals surface area contributed by atoms with E-state index in [0.717, 1.165) is 36.2 Å². The molecule has 1 heterocycles. The Kier molecular flexibility index (Phi) is 5.92. The summed E-state index contributed by atoms with van der Waals surface area (Å²) in [5.74, 6) is -0.208. The molecular weight excluding hydrogens is 324 g/mol. The van der Waals surface area contributed by atoms with Crippen molar-refractivity contribution in [1.29, 1.82) is 0 Å². The van der Waals surface area contributed by atoms with Crippen LogP contribution in [0, 0.1) is 0 Å². The van der Waals surface area contributed by atoms with Crippen molar-refractivity contribution in [2.45, 2.75) is 26.9 Å². The summed E-state index contributed by atoms with van der Waals surface area (Å²) in [7, 11) is 0. The van der Waals surface area contributed by atoms with E-state index in [9.17, 15) is 4.79 Å². The molecule has 0 saturated carbocycles. The Balaban J connectivity index is 1.71. The smallest absolute Gasteiger partial charge is 0.271 e. The molecule has 3 rings (SSSR count). The van der Waals surface area contributed by atoms with Crippen LogP contribution in [0.15, 0.2) is 54.7 Å². The minimum absolute atomic E-state index is 0.208. The maximum absolute atomic E-state index is 12.5. The van der Waals surface area contributed by atoms with Gasteiger partial charge in [0.2, 0.25) is 0 Å². The molecule has 26 heavy (non-hydrogen) atoms. The van der Waals surface area contributed by atoms with E-state index in [0.29, 0.717) is 12.2 Å². The molecule has 1 amide bonds. The Morgan fingerprint density at radius 3 is 2.35 bits per heavy atom. The van der Waals surface area contributed by atoms with Gasteiger partial charge in [-0.05, 0) is 36.3 Å². The highest BCUT2D eigenvalue weighted by Gasteiger charge is 2.11. The molecule has 0 aliphatic heterocycles. The minimum atomic E-state index is -0.208. The number of nitrogens with zero attached hydrogens (tertiary/aromatic N) is 3. The molecule has 3 aromatic rings. The number of hydrogen-bond donors (Lipinski definition) is 1. The Bertz CT molecular complexity index is 890. The quantitative estimate of drug-likeness (QED) is 0.711. The van der Waals surface area contributed by atoms with Gasteiger partial charge in [-0.1, -0.05) is 50.2 Å². The van der Waals surface area contributed by atoms with Crippen molar-refractivity contribution >= 4 is 16.9 Å². The average molecular weight is 348 g/mol. The lowest BCUT2D eigenvalue weighted by Gasteiger charge is -2.20. The van der Waals surface area contributed by atoms with E-state index in [4.69, 9.17) is 0 Å². The SMILES string of the molecule is CCN(CC)Cc1ccccc1CNC(=O)c1cnc2ccccc2n1. The highest BCUT2D eigenvalue weighted by molar-refractivity contribution is 5.93. The van der Waals surface area contributed by atoms with Gasteiger partial charge in [-0.2, -0.15) is 0 Å². The third-order valence-corrected chi connectivity index (χ3v) is 4.53. The van der Waals surface area contributed by atoms with Gasteiger partial charge in [0.1, 0.15) is 5.69 Å². The first kappa shape index (κ1) is 18.0. The lowest BCUT2D eigenvalue weighted by atomic mass is 10.1. The number of carbonyl (C=O) groups is 1. The predicted octanol–water partition coefficient (Wildman–Crippen LogP) is 3.40. The number of para-hydroxylation sites is 2. The monoisotopic (exact) mass is 348 g/mol. The summed E-state index contributed by atoms with van der Waals surface area (Å²) in [6, 6.07) is 15.8. The number of carbonyl (C=O) groups excluding carboxylic acids is 1. The van der Waals surface area contributed by atoms with E-state index in [2.05, 4.69) is 46.2 Å². The molecule has 0 bridgehead atoms. The summed E-state index contributed by atoms with van der Waals surface area (Å²) in [6.45, 7) is 7.69. The van der Waals surface area contributed by atoms with E-state index < -0.39 is 0 Å². The van der Waals surface area contributed by atoms with Gasteiger partial charge in [0.25, 0.3) is 5.91 Å². The van der Waals surface area contributed by atoms with Crippen molar-refractivity contribution in [3.05, 3.63) is 71.5 Å². The fourth-order valence-electron chi connectivity index (χ4n) is 2.90. The Hall–Kier alpha value is -2.79. The molecular formula is C21H24N4O. The fourth-order valence-corrected chi connectivity index (χ4v) is 2.90. The predicted molar refractivity (Wildman–Crippen MR) is 104 cm³/mol. The van der Waals surface area contributed by atoms with Crippen LogP contribution in [0.3, 0.4) is 0 Å². The molecule has 0 aliphatic carbocycles. The van der Waals surface area contributed by atoms with Crippen molar-refractivity contribution in [2.24, 2.45) is 0 Å². The van der Waals surface area contributed by atoms with Gasteiger partial charge in [0.05, 0.1) is 17.2 Å². The zero-order valence-corrected chi connectivity index (χ0v) is 15.3. The number of benzene rings is 2. The largest absolute Gasteiger partial charge is 0.347 e. The molecule has 134 valence electrons. The average Bonchev–Trinajstić information content (AvgIpc) is 2.70. The second-order valence-corrected chi connectivity index (χ2v) is 6.16. The zero-order chi connectivity index (χ0) is 18.4. The van der Waals surface area contributed by atoms with Gasteiger partial charge in [-0.3, -0.25) is 14.7 Å². The van der Waals surface area contributed by atoms with Crippen LogP contribution in [-0.4, -0.2) is 33.9 Å². The maximum atomic E-state index is 12.5. The first-order valence-corrected chi connectivity index (χ1v) is 9.00. The summed E-state index contributed by atoms with van der Waals surface area (Å²) in [5, 5.41) is 2.97. The van der Waals surface area contributed by atoms with Crippen LogP contribution in [-0.2, 0) is 13.1 Å². The molecule has 2 aromatic carbocycles. The summed E-state index contributed by atoms with van der Waals surface area (Å²) in [4.78, 5) is 23.5. The van der Waals surface area contributed by atoms with Crippen LogP contribution in [0.4, 0.5) is 0 Å². The van der Waals surface area contributed by atoms with Crippen molar-refractivity contribution in [2.75, 3.05) is 13.1 Å². The molecule has 1 aromatic heterocycles. The summed E-state index contributed by atoms with van der Waals surface area (Å²) < 4.78 is 0. The van der Waals surface area contributed by atoms with Gasteiger partial charge in [0.15, 0.2) is 0 Å². The minimum Gasteiger partial charge on any atom is -0.347 e. The molecule has 5 nitrogen and oxygen atoms in total. The van der Waals surface area contributed by atoms with E-state index >= 15 is 0 Å². The van der Waals surface area contributed by atoms with Crippen LogP contribution in [0.2, 0.25) is 0 Å². The van der Waals surface area contributed by atoms with Crippen LogP contribution in [0.1, 0.15) is 35.5 Å². The first-order chi connectivity index (χ1) is 12.7. The number of fused-ring (bicyclic) bond motifs is 1. The molecule has 0 unspecified atom stereocenters. The van der Waals surface area contributed by atoms with E-state index in [1.807, 2.05) is 36.4 Å². The van der Waals surface area contributed by atoms with Crippen molar-refractivity contribution in [3.63, 3.8) is 0 Å². The highest BCUT2D eigenvalue weighted by atomic mass is 16.1. The second-order valence-electron chi connectivity index (χ2n) is 6.16. The number of rotatable bonds is 7. The number of hydrogen-bond acceptors (Lipinski definition) is 4. The topological polar surface area (TPSA) is 58.1 Å². The highest BCUT2D eigenvalue weighted by Crippen LogP contribution is 2.12. The van der Waals surface area contributed by atoms with Crippen molar-refractivity contribution in [1.82, 2.24) is 20.2 Å². The Morgan fingerprint density at radius 2 is 1.62 bits per heavy atom. The van der Waals surface area contributed by atoms with Gasteiger partial charge in [-0.25, -0.2) is 4.98 Å². The summed E-state index contributed by atoms with van der Waals surface area (Å²) >= 11 is 0. The summed E-state index contributed by atoms with van der Waals surface area (Å²) in [6.07, 6.45) is 1.53. The van der Waals surface area contributed by atoms with Crippen molar-refractivity contribution in [3.8, 4) is 0 Å². The van der Waals surface area contributed by atoms with Gasteiger partial charge in [-0.15, -0.1) is 0 Å². The molecule has 0 spiro atoms. The van der Waals surface area contributed by atoms with E-state index in [1.54, 1.807) is 0 Å². The Labute approximate surface area is 154 Å². The molecule has 5 heteroatoms. The lowest BCUT2D eigenvalue weighted by Crippen LogP contribution is -2.26. The maximum Gasteiger partial charge on any atom is 0.271 e. The molecule has 0 aliphatic rings. The second kappa shape index (κ2) is 8.54. The Morgan fingerprint density at radius 1 is 0.962 bits per heavy atom. The molecule has 1 N–H and O–H groups in total. The fraction of sp³-hybridized carbons (Fsp3) is 0.286. The zero-order valence-electron chi connectivity index (χ0n) is 15.3. The third-order valence-electron chi connectivity index (χ3n) is 4.53. The molecule has 0 fully saturated rings. The molecule has 0 radical (unpaired) electrons. The van der Waals surface area contributed by atoms with Gasteiger partial charge in [0, 0.05) is 13.1 Å². The third kappa shape index (κ3) is 4.24. The number of amides is 1. The first-order valence-electron chi connectivity index (χ1n) is 9.00. The van der Waals surface area contributed by atoms with Crippen LogP contribution in [0.25, 0.3) is 11.0 Å². The van der Waals surface area contributed by atoms with Gasteiger partial charge >= 0.3 is 0 Å². The van der Waals surface area contributed by atoms with Crippen LogP contribution < -0.4 is 5.32 Å². The van der Waals surface area contributed by atoms with E-state index in [-0.39, 0.29) is 5.91 Å². The number of aromatic nitrogens is 2. The number of nitrogens with one attached hydrogen (secondary N) is 1.